The van der Waals surface area contributed by atoms with Gasteiger partial charge in [-0.05, 0) is 24.6 Å². The third kappa shape index (κ3) is 1.47. The predicted molar refractivity (Wildman–Crippen MR) is 49.7 cm³/mol. The van der Waals surface area contributed by atoms with E-state index in [0.717, 1.165) is 36.9 Å². The first-order valence-electron chi connectivity index (χ1n) is 4.40. The lowest BCUT2D eigenvalue weighted by Crippen LogP contribution is -2.27. The Morgan fingerprint density at radius 2 is 2.38 bits per heavy atom. The van der Waals surface area contributed by atoms with Crippen LogP contribution in [0.1, 0.15) is 21.5 Å². The summed E-state index contributed by atoms with van der Waals surface area (Å²) in [7, 11) is 2.07. The minimum atomic E-state index is 0.740. The Bertz CT molecular complexity index is 336. The standard InChI is InChI=1S/C10H12N2O/c1-12-3-2-8-4-11-5-9(7-13)10(8)6-12/h4-5,7H,2-3,6H2,1H3. The minimum absolute atomic E-state index is 0.740. The number of hydrogen-bond donors (Lipinski definition) is 0. The highest BCUT2D eigenvalue weighted by Gasteiger charge is 2.15. The van der Waals surface area contributed by atoms with Crippen molar-refractivity contribution in [1.29, 1.82) is 0 Å². The number of carbonyl (C=O) groups is 1. The van der Waals surface area contributed by atoms with Gasteiger partial charge in [-0.1, -0.05) is 0 Å². The summed E-state index contributed by atoms with van der Waals surface area (Å²) in [6.45, 7) is 1.92. The predicted octanol–water partition coefficient (Wildman–Crippen LogP) is 0.882. The van der Waals surface area contributed by atoms with Crippen molar-refractivity contribution < 1.29 is 4.79 Å². The molecule has 3 nitrogen and oxygen atoms in total. The highest BCUT2D eigenvalue weighted by molar-refractivity contribution is 5.77. The van der Waals surface area contributed by atoms with E-state index in [1.807, 2.05) is 6.20 Å². The fraction of sp³-hybridized carbons (Fsp3) is 0.400. The Morgan fingerprint density at radius 3 is 3.15 bits per heavy atom. The van der Waals surface area contributed by atoms with Gasteiger partial charge >= 0.3 is 0 Å². The van der Waals surface area contributed by atoms with E-state index in [4.69, 9.17) is 0 Å². The Balaban J connectivity index is 2.46. The second-order valence-corrected chi connectivity index (χ2v) is 3.47. The summed E-state index contributed by atoms with van der Waals surface area (Å²) in [5.41, 5.74) is 3.12. The van der Waals surface area contributed by atoms with E-state index in [9.17, 15) is 4.79 Å². The Kier molecular flexibility index (Phi) is 2.10. The largest absolute Gasteiger partial charge is 0.302 e. The van der Waals surface area contributed by atoms with Gasteiger partial charge in [0, 0.05) is 31.0 Å². The molecule has 3 heteroatoms. The number of aldehydes is 1. The van der Waals surface area contributed by atoms with Crippen molar-refractivity contribution in [2.45, 2.75) is 13.0 Å². The van der Waals surface area contributed by atoms with Gasteiger partial charge in [0.25, 0.3) is 0 Å². The van der Waals surface area contributed by atoms with Crippen molar-refractivity contribution in [2.24, 2.45) is 0 Å². The number of carbonyl (C=O) groups excluding carboxylic acids is 1. The van der Waals surface area contributed by atoms with Crippen LogP contribution in [-0.4, -0.2) is 29.8 Å². The number of rotatable bonds is 1. The van der Waals surface area contributed by atoms with Gasteiger partial charge in [-0.2, -0.15) is 0 Å². The molecule has 1 aromatic heterocycles. The van der Waals surface area contributed by atoms with Crippen LogP contribution in [0.5, 0.6) is 0 Å². The topological polar surface area (TPSA) is 33.2 Å². The zero-order valence-corrected chi connectivity index (χ0v) is 7.66. The summed E-state index contributed by atoms with van der Waals surface area (Å²) in [6, 6.07) is 0. The summed E-state index contributed by atoms with van der Waals surface area (Å²) in [6.07, 6.45) is 5.41. The molecule has 0 unspecified atom stereocenters. The van der Waals surface area contributed by atoms with Crippen LogP contribution in [0.4, 0.5) is 0 Å². The van der Waals surface area contributed by atoms with Crippen LogP contribution in [0.25, 0.3) is 0 Å². The molecule has 68 valence electrons. The maximum Gasteiger partial charge on any atom is 0.151 e. The highest BCUT2D eigenvalue weighted by Crippen LogP contribution is 2.19. The van der Waals surface area contributed by atoms with Gasteiger partial charge in [0.05, 0.1) is 0 Å². The van der Waals surface area contributed by atoms with E-state index in [1.165, 1.54) is 5.56 Å². The van der Waals surface area contributed by atoms with Crippen LogP contribution < -0.4 is 0 Å². The molecule has 0 saturated carbocycles. The van der Waals surface area contributed by atoms with Gasteiger partial charge in [-0.15, -0.1) is 0 Å². The average Bonchev–Trinajstić information content (AvgIpc) is 2.17. The van der Waals surface area contributed by atoms with Crippen molar-refractivity contribution in [3.8, 4) is 0 Å². The fourth-order valence-corrected chi connectivity index (χ4v) is 1.72. The minimum Gasteiger partial charge on any atom is -0.302 e. The quantitative estimate of drug-likeness (QED) is 0.595. The normalized spacial score (nSPS) is 16.7. The molecule has 0 amide bonds. The summed E-state index contributed by atoms with van der Waals surface area (Å²) in [5, 5.41) is 0. The third-order valence-corrected chi connectivity index (χ3v) is 2.50. The number of hydrogen-bond acceptors (Lipinski definition) is 3. The van der Waals surface area contributed by atoms with E-state index in [-0.39, 0.29) is 0 Å². The summed E-state index contributed by atoms with van der Waals surface area (Å²) >= 11 is 0. The van der Waals surface area contributed by atoms with Gasteiger partial charge in [0.1, 0.15) is 0 Å². The average molecular weight is 176 g/mol. The van der Waals surface area contributed by atoms with Crippen LogP contribution in [0.3, 0.4) is 0 Å². The fourth-order valence-electron chi connectivity index (χ4n) is 1.72. The van der Waals surface area contributed by atoms with Crippen LogP contribution in [0.15, 0.2) is 12.4 Å². The van der Waals surface area contributed by atoms with Crippen LogP contribution in [0, 0.1) is 0 Å². The lowest BCUT2D eigenvalue weighted by Gasteiger charge is -2.25. The molecule has 2 rings (SSSR count). The first-order valence-corrected chi connectivity index (χ1v) is 4.40. The molecule has 1 aromatic rings. The van der Waals surface area contributed by atoms with E-state index in [1.54, 1.807) is 6.20 Å². The Morgan fingerprint density at radius 1 is 1.54 bits per heavy atom. The van der Waals surface area contributed by atoms with Gasteiger partial charge in [0.15, 0.2) is 6.29 Å². The molecule has 0 fully saturated rings. The Hall–Kier alpha value is -1.22. The van der Waals surface area contributed by atoms with Crippen LogP contribution in [0.2, 0.25) is 0 Å². The lowest BCUT2D eigenvalue weighted by atomic mass is 9.99. The number of likely N-dealkylation sites (N-methyl/N-ethyl adjacent to an activating group) is 1. The van der Waals surface area contributed by atoms with Crippen molar-refractivity contribution in [3.63, 3.8) is 0 Å². The number of fused-ring (bicyclic) bond motifs is 1. The van der Waals surface area contributed by atoms with E-state index >= 15 is 0 Å². The summed E-state index contributed by atoms with van der Waals surface area (Å²) < 4.78 is 0. The molecule has 0 aliphatic carbocycles. The molecular weight excluding hydrogens is 164 g/mol. The molecule has 0 atom stereocenters. The molecule has 1 aliphatic rings. The maximum absolute atomic E-state index is 10.7. The van der Waals surface area contributed by atoms with Crippen molar-refractivity contribution >= 4 is 6.29 Å². The van der Waals surface area contributed by atoms with Gasteiger partial charge in [-0.3, -0.25) is 9.78 Å². The van der Waals surface area contributed by atoms with E-state index in [0.29, 0.717) is 0 Å². The molecule has 0 saturated heterocycles. The molecule has 13 heavy (non-hydrogen) atoms. The first-order chi connectivity index (χ1) is 6.31. The smallest absolute Gasteiger partial charge is 0.151 e. The Labute approximate surface area is 77.4 Å². The molecule has 0 bridgehead atoms. The zero-order chi connectivity index (χ0) is 9.26. The van der Waals surface area contributed by atoms with E-state index < -0.39 is 0 Å². The zero-order valence-electron chi connectivity index (χ0n) is 7.66. The summed E-state index contributed by atoms with van der Waals surface area (Å²) in [5.74, 6) is 0. The maximum atomic E-state index is 10.7. The molecule has 2 heterocycles. The number of aromatic nitrogens is 1. The molecule has 0 radical (unpaired) electrons. The molecular formula is C10H12N2O. The van der Waals surface area contributed by atoms with Crippen LogP contribution >= 0.6 is 0 Å². The van der Waals surface area contributed by atoms with Gasteiger partial charge in [0.2, 0.25) is 0 Å². The van der Waals surface area contributed by atoms with Crippen molar-refractivity contribution in [3.05, 3.63) is 29.1 Å². The second-order valence-electron chi connectivity index (χ2n) is 3.47. The third-order valence-electron chi connectivity index (χ3n) is 2.50. The lowest BCUT2D eigenvalue weighted by molar-refractivity contribution is 0.112. The van der Waals surface area contributed by atoms with E-state index in [2.05, 4.69) is 16.9 Å². The molecule has 0 aromatic carbocycles. The highest BCUT2D eigenvalue weighted by atomic mass is 16.1. The molecule has 1 aliphatic heterocycles. The molecule has 0 N–H and O–H groups in total. The SMILES string of the molecule is CN1CCc2cncc(C=O)c2C1. The van der Waals surface area contributed by atoms with Gasteiger partial charge < -0.3 is 4.90 Å². The monoisotopic (exact) mass is 176 g/mol. The first kappa shape index (κ1) is 8.38. The summed E-state index contributed by atoms with van der Waals surface area (Å²) in [4.78, 5) is 17.0. The van der Waals surface area contributed by atoms with Gasteiger partial charge in [-0.25, -0.2) is 0 Å². The second kappa shape index (κ2) is 3.26. The number of pyridine rings is 1. The van der Waals surface area contributed by atoms with Crippen molar-refractivity contribution in [1.82, 2.24) is 9.88 Å². The van der Waals surface area contributed by atoms with Crippen LogP contribution in [-0.2, 0) is 13.0 Å². The number of nitrogens with zero attached hydrogens (tertiary/aromatic N) is 2. The molecule has 0 spiro atoms. The van der Waals surface area contributed by atoms with Crippen molar-refractivity contribution in [2.75, 3.05) is 13.6 Å².